The van der Waals surface area contributed by atoms with E-state index in [-0.39, 0.29) is 18.9 Å². The molecule has 7 heteroatoms. The van der Waals surface area contributed by atoms with Crippen LogP contribution in [0.15, 0.2) is 18.2 Å². The summed E-state index contributed by atoms with van der Waals surface area (Å²) in [4.78, 5) is 14.3. The van der Waals surface area contributed by atoms with Crippen molar-refractivity contribution in [1.82, 2.24) is 10.2 Å². The van der Waals surface area contributed by atoms with Gasteiger partial charge in [-0.25, -0.2) is 4.79 Å². The van der Waals surface area contributed by atoms with Crippen molar-refractivity contribution in [2.24, 2.45) is 0 Å². The van der Waals surface area contributed by atoms with Gasteiger partial charge in [0.2, 0.25) is 6.79 Å². The number of ether oxygens (including phenoxy) is 4. The number of nitrogens with one attached hydrogen (secondary N) is 1. The Kier molecular flexibility index (Phi) is 5.34. The Hall–Kier alpha value is -2.15. The number of carbonyl (C=O) groups is 1. The van der Waals surface area contributed by atoms with Gasteiger partial charge in [-0.1, -0.05) is 19.3 Å². The minimum atomic E-state index is -0.133. The number of morpholine rings is 1. The van der Waals surface area contributed by atoms with Crippen LogP contribution in [0, 0.1) is 0 Å². The largest absolute Gasteiger partial charge is 0.491 e. The van der Waals surface area contributed by atoms with E-state index in [1.165, 1.54) is 19.3 Å². The van der Waals surface area contributed by atoms with E-state index in [0.717, 1.165) is 18.6 Å². The number of rotatable bonds is 4. The zero-order valence-corrected chi connectivity index (χ0v) is 14.9. The zero-order chi connectivity index (χ0) is 17.8. The second-order valence-corrected chi connectivity index (χ2v) is 7.05. The van der Waals surface area contributed by atoms with Crippen LogP contribution in [0.4, 0.5) is 4.79 Å². The standard InChI is InChI=1S/C19H26N2O5/c22-19(20-14-4-2-1-3-5-14)21-8-9-23-16(11-21)12-24-15-6-7-17-18(10-15)26-13-25-17/h6-7,10,14,16H,1-5,8-9,11-13H2,(H,20,22). The van der Waals surface area contributed by atoms with E-state index in [1.807, 2.05) is 23.1 Å². The molecule has 0 aromatic heterocycles. The number of hydrogen-bond donors (Lipinski definition) is 1. The van der Waals surface area contributed by atoms with Crippen molar-refractivity contribution in [2.45, 2.75) is 44.2 Å². The summed E-state index contributed by atoms with van der Waals surface area (Å²) in [6.07, 6.45) is 5.74. The predicted octanol–water partition coefficient (Wildman–Crippen LogP) is 2.54. The molecule has 2 aliphatic heterocycles. The van der Waals surface area contributed by atoms with Crippen molar-refractivity contribution in [3.63, 3.8) is 0 Å². The van der Waals surface area contributed by atoms with Gasteiger partial charge in [-0.2, -0.15) is 0 Å². The first-order chi connectivity index (χ1) is 12.8. The van der Waals surface area contributed by atoms with E-state index in [1.54, 1.807) is 0 Å². The lowest BCUT2D eigenvalue weighted by Crippen LogP contribution is -2.53. The first-order valence-corrected chi connectivity index (χ1v) is 9.47. The fourth-order valence-corrected chi connectivity index (χ4v) is 3.67. The van der Waals surface area contributed by atoms with Crippen LogP contribution in [-0.2, 0) is 4.74 Å². The molecule has 142 valence electrons. The molecule has 3 aliphatic rings. The zero-order valence-electron chi connectivity index (χ0n) is 14.9. The van der Waals surface area contributed by atoms with Crippen LogP contribution in [0.5, 0.6) is 17.2 Å². The Morgan fingerprint density at radius 1 is 1.19 bits per heavy atom. The van der Waals surface area contributed by atoms with Crippen LogP contribution in [0.3, 0.4) is 0 Å². The molecule has 2 heterocycles. The maximum Gasteiger partial charge on any atom is 0.317 e. The predicted molar refractivity (Wildman–Crippen MR) is 94.8 cm³/mol. The highest BCUT2D eigenvalue weighted by atomic mass is 16.7. The average molecular weight is 362 g/mol. The minimum Gasteiger partial charge on any atom is -0.491 e. The Morgan fingerprint density at radius 2 is 2.04 bits per heavy atom. The van der Waals surface area contributed by atoms with Gasteiger partial charge >= 0.3 is 6.03 Å². The van der Waals surface area contributed by atoms with Crippen molar-refractivity contribution in [2.75, 3.05) is 33.1 Å². The van der Waals surface area contributed by atoms with Crippen molar-refractivity contribution in [3.8, 4) is 17.2 Å². The van der Waals surface area contributed by atoms with Crippen LogP contribution < -0.4 is 19.5 Å². The van der Waals surface area contributed by atoms with Crippen molar-refractivity contribution in [1.29, 1.82) is 0 Å². The molecule has 1 saturated carbocycles. The summed E-state index contributed by atoms with van der Waals surface area (Å²) >= 11 is 0. The van der Waals surface area contributed by atoms with E-state index in [0.29, 0.717) is 43.8 Å². The Labute approximate surface area is 153 Å². The number of carbonyl (C=O) groups excluding carboxylic acids is 1. The average Bonchev–Trinajstić information content (AvgIpc) is 3.15. The molecule has 1 aromatic carbocycles. The lowest BCUT2D eigenvalue weighted by atomic mass is 9.96. The molecule has 4 rings (SSSR count). The van der Waals surface area contributed by atoms with Crippen LogP contribution in [-0.4, -0.2) is 56.2 Å². The molecule has 1 unspecified atom stereocenters. The van der Waals surface area contributed by atoms with Gasteiger partial charge in [-0.3, -0.25) is 0 Å². The number of amides is 2. The number of fused-ring (bicyclic) bond motifs is 1. The highest BCUT2D eigenvalue weighted by Crippen LogP contribution is 2.35. The third-order valence-corrected chi connectivity index (χ3v) is 5.14. The van der Waals surface area contributed by atoms with Gasteiger partial charge in [-0.15, -0.1) is 0 Å². The summed E-state index contributed by atoms with van der Waals surface area (Å²) in [6, 6.07) is 5.85. The fourth-order valence-electron chi connectivity index (χ4n) is 3.67. The number of nitrogens with zero attached hydrogens (tertiary/aromatic N) is 1. The normalized spacial score (nSPS) is 22.9. The Balaban J connectivity index is 1.26. The van der Waals surface area contributed by atoms with Crippen molar-refractivity contribution >= 4 is 6.03 Å². The summed E-state index contributed by atoms with van der Waals surface area (Å²) < 4.78 is 22.2. The number of urea groups is 1. The highest BCUT2D eigenvalue weighted by Gasteiger charge is 2.27. The fraction of sp³-hybridized carbons (Fsp3) is 0.632. The topological polar surface area (TPSA) is 69.3 Å². The summed E-state index contributed by atoms with van der Waals surface area (Å²) in [5.41, 5.74) is 0. The molecule has 7 nitrogen and oxygen atoms in total. The van der Waals surface area contributed by atoms with Gasteiger partial charge in [0, 0.05) is 18.7 Å². The minimum absolute atomic E-state index is 0.0216. The van der Waals surface area contributed by atoms with Gasteiger partial charge in [-0.05, 0) is 25.0 Å². The number of hydrogen-bond acceptors (Lipinski definition) is 5. The first kappa shape index (κ1) is 17.3. The van der Waals surface area contributed by atoms with Gasteiger partial charge in [0.25, 0.3) is 0 Å². The quantitative estimate of drug-likeness (QED) is 0.891. The third kappa shape index (κ3) is 4.15. The molecule has 1 aliphatic carbocycles. The second kappa shape index (κ2) is 8.03. The van der Waals surface area contributed by atoms with Crippen molar-refractivity contribution in [3.05, 3.63) is 18.2 Å². The smallest absolute Gasteiger partial charge is 0.317 e. The maximum absolute atomic E-state index is 12.5. The van der Waals surface area contributed by atoms with Gasteiger partial charge in [0.15, 0.2) is 11.5 Å². The molecule has 1 atom stereocenters. The molecule has 2 fully saturated rings. The van der Waals surface area contributed by atoms with E-state index in [2.05, 4.69) is 5.32 Å². The van der Waals surface area contributed by atoms with Crippen LogP contribution in [0.1, 0.15) is 32.1 Å². The lowest BCUT2D eigenvalue weighted by Gasteiger charge is -2.34. The van der Waals surface area contributed by atoms with Gasteiger partial charge in [0.1, 0.15) is 18.5 Å². The maximum atomic E-state index is 12.5. The molecule has 26 heavy (non-hydrogen) atoms. The SMILES string of the molecule is O=C(NC1CCCCC1)N1CCOC(COc2ccc3c(c2)OCO3)C1. The Morgan fingerprint density at radius 3 is 2.92 bits per heavy atom. The van der Waals surface area contributed by atoms with Crippen LogP contribution >= 0.6 is 0 Å². The number of benzene rings is 1. The monoisotopic (exact) mass is 362 g/mol. The van der Waals surface area contributed by atoms with E-state index >= 15 is 0 Å². The molecule has 2 amide bonds. The molecular weight excluding hydrogens is 336 g/mol. The highest BCUT2D eigenvalue weighted by molar-refractivity contribution is 5.74. The third-order valence-electron chi connectivity index (χ3n) is 5.14. The molecule has 0 spiro atoms. The molecular formula is C19H26N2O5. The summed E-state index contributed by atoms with van der Waals surface area (Å²) in [6.45, 7) is 2.35. The summed E-state index contributed by atoms with van der Waals surface area (Å²) in [5.74, 6) is 2.14. The van der Waals surface area contributed by atoms with Crippen LogP contribution in [0.25, 0.3) is 0 Å². The van der Waals surface area contributed by atoms with Crippen LogP contribution in [0.2, 0.25) is 0 Å². The molecule has 1 aromatic rings. The first-order valence-electron chi connectivity index (χ1n) is 9.47. The van der Waals surface area contributed by atoms with E-state index in [9.17, 15) is 4.79 Å². The lowest BCUT2D eigenvalue weighted by molar-refractivity contribution is -0.0355. The molecule has 0 radical (unpaired) electrons. The molecule has 1 N–H and O–H groups in total. The Bertz CT molecular complexity index is 632. The molecule has 1 saturated heterocycles. The van der Waals surface area contributed by atoms with E-state index < -0.39 is 0 Å². The van der Waals surface area contributed by atoms with Gasteiger partial charge in [0.05, 0.1) is 13.2 Å². The summed E-state index contributed by atoms with van der Waals surface area (Å²) in [7, 11) is 0. The summed E-state index contributed by atoms with van der Waals surface area (Å²) in [5, 5.41) is 3.17. The molecule has 0 bridgehead atoms. The van der Waals surface area contributed by atoms with E-state index in [4.69, 9.17) is 18.9 Å². The van der Waals surface area contributed by atoms with Gasteiger partial charge < -0.3 is 29.2 Å². The second-order valence-electron chi connectivity index (χ2n) is 7.05. The van der Waals surface area contributed by atoms with Crippen molar-refractivity contribution < 1.29 is 23.7 Å².